The van der Waals surface area contributed by atoms with Crippen molar-refractivity contribution in [3.8, 4) is 11.5 Å². The summed E-state index contributed by atoms with van der Waals surface area (Å²) in [4.78, 5) is 24.1. The normalized spacial score (nSPS) is 15.8. The van der Waals surface area contributed by atoms with Crippen molar-refractivity contribution < 1.29 is 24.2 Å². The topological polar surface area (TPSA) is 84.9 Å². The van der Waals surface area contributed by atoms with E-state index in [4.69, 9.17) is 9.47 Å². The smallest absolute Gasteiger partial charge is 0.340 e. The molecule has 6 heteroatoms. The highest BCUT2D eigenvalue weighted by molar-refractivity contribution is 6.16. The standard InChI is InChI=1S/C17H19NO5/c1-4-22-14-9-11(6-7-13(14)19)8-12-15(17(21)23-5-2)10(3)18-16(12)20/h6-9,19H,4-5H2,1-3H3,(H,18,20). The molecule has 2 rings (SSSR count). The summed E-state index contributed by atoms with van der Waals surface area (Å²) in [6.45, 7) is 5.79. The van der Waals surface area contributed by atoms with Crippen molar-refractivity contribution in [1.82, 2.24) is 5.32 Å². The minimum absolute atomic E-state index is 0.0159. The quantitative estimate of drug-likeness (QED) is 0.642. The van der Waals surface area contributed by atoms with Gasteiger partial charge < -0.3 is 19.9 Å². The van der Waals surface area contributed by atoms with Crippen LogP contribution < -0.4 is 10.1 Å². The number of phenolic OH excluding ortho intramolecular Hbond substituents is 1. The van der Waals surface area contributed by atoms with Gasteiger partial charge in [-0.05, 0) is 44.5 Å². The first kappa shape index (κ1) is 16.6. The van der Waals surface area contributed by atoms with Crippen molar-refractivity contribution in [2.24, 2.45) is 0 Å². The molecule has 0 saturated heterocycles. The number of amides is 1. The van der Waals surface area contributed by atoms with Gasteiger partial charge in [-0.3, -0.25) is 4.79 Å². The number of ether oxygens (including phenoxy) is 2. The Bertz CT molecular complexity index is 703. The predicted molar refractivity (Wildman–Crippen MR) is 84.7 cm³/mol. The molecule has 1 aliphatic heterocycles. The highest BCUT2D eigenvalue weighted by Gasteiger charge is 2.30. The van der Waals surface area contributed by atoms with E-state index in [9.17, 15) is 14.7 Å². The molecule has 0 aliphatic carbocycles. The van der Waals surface area contributed by atoms with Crippen LogP contribution in [0.2, 0.25) is 0 Å². The fourth-order valence-electron chi connectivity index (χ4n) is 2.28. The molecule has 0 spiro atoms. The number of allylic oxidation sites excluding steroid dienone is 1. The minimum Gasteiger partial charge on any atom is -0.504 e. The molecular formula is C17H19NO5. The van der Waals surface area contributed by atoms with Crippen molar-refractivity contribution in [2.45, 2.75) is 20.8 Å². The van der Waals surface area contributed by atoms with E-state index in [1.807, 2.05) is 0 Å². The van der Waals surface area contributed by atoms with Crippen LogP contribution in [0, 0.1) is 0 Å². The second kappa shape index (κ2) is 7.00. The molecule has 0 radical (unpaired) electrons. The maximum Gasteiger partial charge on any atom is 0.340 e. The molecule has 6 nitrogen and oxygen atoms in total. The lowest BCUT2D eigenvalue weighted by atomic mass is 10.0. The van der Waals surface area contributed by atoms with E-state index in [1.165, 1.54) is 6.07 Å². The largest absolute Gasteiger partial charge is 0.504 e. The van der Waals surface area contributed by atoms with Gasteiger partial charge in [-0.1, -0.05) is 6.07 Å². The molecule has 0 bridgehead atoms. The average molecular weight is 317 g/mol. The van der Waals surface area contributed by atoms with E-state index in [-0.39, 0.29) is 29.4 Å². The predicted octanol–water partition coefficient (Wildman–Crippen LogP) is 2.14. The first-order valence-corrected chi connectivity index (χ1v) is 7.35. The van der Waals surface area contributed by atoms with E-state index in [2.05, 4.69) is 5.32 Å². The number of carbonyl (C=O) groups excluding carboxylic acids is 2. The molecule has 2 N–H and O–H groups in total. The summed E-state index contributed by atoms with van der Waals surface area (Å²) in [7, 11) is 0. The maximum absolute atomic E-state index is 12.1. The molecule has 0 fully saturated rings. The summed E-state index contributed by atoms with van der Waals surface area (Å²) in [6.07, 6.45) is 1.57. The molecule has 23 heavy (non-hydrogen) atoms. The Balaban J connectivity index is 2.42. The third-order valence-corrected chi connectivity index (χ3v) is 3.26. The van der Waals surface area contributed by atoms with E-state index < -0.39 is 5.97 Å². The molecule has 1 aromatic rings. The lowest BCUT2D eigenvalue weighted by Crippen LogP contribution is -2.15. The Hall–Kier alpha value is -2.76. The summed E-state index contributed by atoms with van der Waals surface area (Å²) >= 11 is 0. The fraction of sp³-hybridized carbons (Fsp3) is 0.294. The average Bonchev–Trinajstić information content (AvgIpc) is 2.77. The van der Waals surface area contributed by atoms with Gasteiger partial charge in [0.15, 0.2) is 11.5 Å². The van der Waals surface area contributed by atoms with Crippen LogP contribution >= 0.6 is 0 Å². The molecule has 1 aromatic carbocycles. The molecule has 0 unspecified atom stereocenters. The number of hydrogen-bond acceptors (Lipinski definition) is 5. The molecule has 0 aromatic heterocycles. The van der Waals surface area contributed by atoms with Crippen molar-refractivity contribution in [2.75, 3.05) is 13.2 Å². The van der Waals surface area contributed by atoms with Crippen LogP contribution in [0.1, 0.15) is 26.3 Å². The summed E-state index contributed by atoms with van der Waals surface area (Å²) in [5.74, 6) is -0.573. The Morgan fingerprint density at radius 3 is 2.70 bits per heavy atom. The number of nitrogens with one attached hydrogen (secondary N) is 1. The highest BCUT2D eigenvalue weighted by Crippen LogP contribution is 2.30. The van der Waals surface area contributed by atoms with Crippen LogP contribution in [-0.2, 0) is 14.3 Å². The van der Waals surface area contributed by atoms with Crippen LogP contribution in [0.15, 0.2) is 35.0 Å². The Kier molecular flexibility index (Phi) is 5.05. The summed E-state index contributed by atoms with van der Waals surface area (Å²) in [6, 6.07) is 4.72. The van der Waals surface area contributed by atoms with E-state index in [1.54, 1.807) is 39.0 Å². The van der Waals surface area contributed by atoms with Crippen LogP contribution in [-0.4, -0.2) is 30.2 Å². The van der Waals surface area contributed by atoms with Crippen LogP contribution in [0.25, 0.3) is 6.08 Å². The zero-order chi connectivity index (χ0) is 17.0. The third-order valence-electron chi connectivity index (χ3n) is 3.26. The summed E-state index contributed by atoms with van der Waals surface area (Å²) in [5.41, 5.74) is 1.55. The van der Waals surface area contributed by atoms with Gasteiger partial charge in [0.1, 0.15) is 0 Å². The van der Waals surface area contributed by atoms with Crippen molar-refractivity contribution in [1.29, 1.82) is 0 Å². The molecular weight excluding hydrogens is 298 g/mol. The number of esters is 1. The molecule has 1 aliphatic rings. The first-order valence-electron chi connectivity index (χ1n) is 7.35. The Labute approximate surface area is 134 Å². The number of carbonyl (C=O) groups is 2. The monoisotopic (exact) mass is 317 g/mol. The van der Waals surface area contributed by atoms with Crippen molar-refractivity contribution in [3.05, 3.63) is 40.6 Å². The number of benzene rings is 1. The molecule has 0 saturated carbocycles. The van der Waals surface area contributed by atoms with E-state index in [0.717, 1.165) is 0 Å². The molecule has 122 valence electrons. The molecule has 0 atom stereocenters. The van der Waals surface area contributed by atoms with Gasteiger partial charge in [0, 0.05) is 5.70 Å². The highest BCUT2D eigenvalue weighted by atomic mass is 16.5. The minimum atomic E-state index is -0.543. The first-order chi connectivity index (χ1) is 11.0. The Morgan fingerprint density at radius 1 is 1.30 bits per heavy atom. The fourth-order valence-corrected chi connectivity index (χ4v) is 2.28. The van der Waals surface area contributed by atoms with E-state index >= 15 is 0 Å². The van der Waals surface area contributed by atoms with Crippen LogP contribution in [0.4, 0.5) is 0 Å². The van der Waals surface area contributed by atoms with E-state index in [0.29, 0.717) is 23.6 Å². The molecule has 1 heterocycles. The lowest BCUT2D eigenvalue weighted by Gasteiger charge is -2.07. The number of rotatable bonds is 5. The SMILES string of the molecule is CCOC(=O)C1=C(C)NC(=O)C1=Cc1ccc(O)c(OCC)c1. The zero-order valence-electron chi connectivity index (χ0n) is 13.3. The van der Waals surface area contributed by atoms with Gasteiger partial charge in [-0.2, -0.15) is 0 Å². The maximum atomic E-state index is 12.1. The summed E-state index contributed by atoms with van der Waals surface area (Å²) in [5, 5.41) is 12.3. The van der Waals surface area contributed by atoms with Crippen LogP contribution in [0.5, 0.6) is 11.5 Å². The van der Waals surface area contributed by atoms with Gasteiger partial charge in [0.25, 0.3) is 5.91 Å². The number of aromatic hydroxyl groups is 1. The van der Waals surface area contributed by atoms with Gasteiger partial charge in [0.05, 0.1) is 24.4 Å². The van der Waals surface area contributed by atoms with Gasteiger partial charge in [-0.25, -0.2) is 4.79 Å². The Morgan fingerprint density at radius 2 is 2.04 bits per heavy atom. The zero-order valence-corrected chi connectivity index (χ0v) is 13.3. The third kappa shape index (κ3) is 3.53. The van der Waals surface area contributed by atoms with Crippen molar-refractivity contribution >= 4 is 18.0 Å². The second-order valence-corrected chi connectivity index (χ2v) is 4.89. The summed E-state index contributed by atoms with van der Waals surface area (Å²) < 4.78 is 10.3. The van der Waals surface area contributed by atoms with Crippen LogP contribution in [0.3, 0.4) is 0 Å². The van der Waals surface area contributed by atoms with Crippen molar-refractivity contribution in [3.63, 3.8) is 0 Å². The van der Waals surface area contributed by atoms with Gasteiger partial charge in [0.2, 0.25) is 0 Å². The number of phenols is 1. The lowest BCUT2D eigenvalue weighted by molar-refractivity contribution is -0.138. The van der Waals surface area contributed by atoms with Gasteiger partial charge in [-0.15, -0.1) is 0 Å². The van der Waals surface area contributed by atoms with Gasteiger partial charge >= 0.3 is 5.97 Å². The molecule has 1 amide bonds. The number of hydrogen-bond donors (Lipinski definition) is 2. The second-order valence-electron chi connectivity index (χ2n) is 4.89.